The van der Waals surface area contributed by atoms with Crippen molar-refractivity contribution >= 4 is 0 Å². The highest BCUT2D eigenvalue weighted by Crippen LogP contribution is 2.12. The molecule has 0 aliphatic heterocycles. The Balaban J connectivity index is 2.88. The maximum atomic E-state index is 7.82. The molecule has 116 valence electrons. The molecule has 0 aliphatic rings. The van der Waals surface area contributed by atoms with E-state index in [1.165, 1.54) is 70.6 Å². The average Bonchev–Trinajstić information content (AvgIpc) is 2.43. The van der Waals surface area contributed by atoms with Gasteiger partial charge in [-0.15, -0.1) is 0 Å². The summed E-state index contributed by atoms with van der Waals surface area (Å²) in [5, 5.41) is 15.1. The summed E-state index contributed by atoms with van der Waals surface area (Å²) in [6.45, 7) is 2.73. The molecule has 0 unspecified atom stereocenters. The highest BCUT2D eigenvalue weighted by Gasteiger charge is 1.94. The zero-order valence-electron chi connectivity index (χ0n) is 12.6. The molecule has 19 heavy (non-hydrogen) atoms. The van der Waals surface area contributed by atoms with Crippen LogP contribution in [-0.4, -0.2) is 11.9 Å². The minimum Gasteiger partial charge on any atom is -0.219 e. The van der Waals surface area contributed by atoms with Gasteiger partial charge in [0.2, 0.25) is 0 Å². The predicted molar refractivity (Wildman–Crippen MR) is 76.4 cm³/mol. The predicted octanol–water partition coefficient (Wildman–Crippen LogP) is 5.43. The monoisotopic (exact) mass is 276 g/mol. The van der Waals surface area contributed by atoms with Crippen LogP contribution in [0.1, 0.15) is 90.4 Å². The molecule has 0 amide bonds. The van der Waals surface area contributed by atoms with Crippen molar-refractivity contribution in [1.82, 2.24) is 0 Å². The van der Waals surface area contributed by atoms with Gasteiger partial charge in [-0.3, -0.25) is 0 Å². The van der Waals surface area contributed by atoms with E-state index in [9.17, 15) is 0 Å². The maximum absolute atomic E-state index is 7.82. The number of hydrogen-bond acceptors (Lipinski definition) is 4. The first-order chi connectivity index (χ1) is 9.41. The van der Waals surface area contributed by atoms with Gasteiger partial charge in [-0.2, -0.15) is 0 Å². The molecule has 0 aromatic heterocycles. The van der Waals surface area contributed by atoms with Crippen LogP contribution in [0.15, 0.2) is 0 Å². The second-order valence-electron chi connectivity index (χ2n) is 5.21. The number of hydrogen-bond donors (Lipinski definition) is 1. The van der Waals surface area contributed by atoms with E-state index in [0.29, 0.717) is 6.61 Å². The molecular formula is C15H32O4. The summed E-state index contributed by atoms with van der Waals surface area (Å²) in [5.74, 6) is 0. The highest BCUT2D eigenvalue weighted by molar-refractivity contribution is 4.48. The van der Waals surface area contributed by atoms with Gasteiger partial charge >= 0.3 is 0 Å². The molecule has 0 aliphatic carbocycles. The fourth-order valence-corrected chi connectivity index (χ4v) is 2.23. The van der Waals surface area contributed by atoms with E-state index < -0.39 is 0 Å². The zero-order chi connectivity index (χ0) is 14.0. The van der Waals surface area contributed by atoms with Gasteiger partial charge in [0.05, 0.1) is 6.61 Å². The SMILES string of the molecule is CCCCCCCCCCCCCCCOOOO. The molecule has 0 aromatic carbocycles. The molecular weight excluding hydrogens is 244 g/mol. The highest BCUT2D eigenvalue weighted by atomic mass is 17.6. The van der Waals surface area contributed by atoms with E-state index in [-0.39, 0.29) is 0 Å². The smallest absolute Gasteiger partial charge is 0.0854 e. The molecule has 4 nitrogen and oxygen atoms in total. The Kier molecular flexibility index (Phi) is 17.7. The van der Waals surface area contributed by atoms with Gasteiger partial charge in [-0.05, 0) is 16.5 Å². The largest absolute Gasteiger partial charge is 0.219 e. The summed E-state index contributed by atoms with van der Waals surface area (Å²) < 4.78 is 0. The summed E-state index contributed by atoms with van der Waals surface area (Å²) >= 11 is 0. The summed E-state index contributed by atoms with van der Waals surface area (Å²) in [7, 11) is 0. The summed E-state index contributed by atoms with van der Waals surface area (Å²) in [5.41, 5.74) is 0. The molecule has 0 saturated heterocycles. The van der Waals surface area contributed by atoms with Crippen LogP contribution in [0.5, 0.6) is 0 Å². The second kappa shape index (κ2) is 17.8. The van der Waals surface area contributed by atoms with Gasteiger partial charge in [-0.1, -0.05) is 84.0 Å². The van der Waals surface area contributed by atoms with Crippen molar-refractivity contribution in [1.29, 1.82) is 0 Å². The van der Waals surface area contributed by atoms with Gasteiger partial charge in [0.15, 0.2) is 0 Å². The first-order valence-electron chi connectivity index (χ1n) is 8.01. The number of rotatable bonds is 16. The Labute approximate surface area is 118 Å². The molecule has 0 bridgehead atoms. The standard InChI is InChI=1S/C15H32O4/c1-2-3-4-5-6-7-8-9-10-11-12-13-14-15-17-19-18-16/h16H,2-15H2,1H3. The van der Waals surface area contributed by atoms with Crippen LogP contribution in [-0.2, 0) is 15.0 Å². The molecule has 0 heterocycles. The van der Waals surface area contributed by atoms with Gasteiger partial charge in [-0.25, -0.2) is 10.1 Å². The van der Waals surface area contributed by atoms with E-state index in [2.05, 4.69) is 21.9 Å². The Morgan fingerprint density at radius 2 is 1.05 bits per heavy atom. The Morgan fingerprint density at radius 3 is 1.47 bits per heavy atom. The lowest BCUT2D eigenvalue weighted by molar-refractivity contribution is -0.623. The molecule has 0 radical (unpaired) electrons. The van der Waals surface area contributed by atoms with Crippen LogP contribution in [0.25, 0.3) is 0 Å². The fraction of sp³-hybridized carbons (Fsp3) is 1.00. The summed E-state index contributed by atoms with van der Waals surface area (Å²) in [6.07, 6.45) is 17.2. The summed E-state index contributed by atoms with van der Waals surface area (Å²) in [6, 6.07) is 0. The van der Waals surface area contributed by atoms with Crippen molar-refractivity contribution in [2.24, 2.45) is 0 Å². The molecule has 1 N–H and O–H groups in total. The Bertz CT molecular complexity index is 137. The molecule has 0 fully saturated rings. The van der Waals surface area contributed by atoms with E-state index in [1.807, 2.05) is 0 Å². The van der Waals surface area contributed by atoms with Crippen LogP contribution < -0.4 is 0 Å². The zero-order valence-corrected chi connectivity index (χ0v) is 12.6. The third-order valence-corrected chi connectivity index (χ3v) is 3.41. The van der Waals surface area contributed by atoms with Crippen LogP contribution in [0.3, 0.4) is 0 Å². The lowest BCUT2D eigenvalue weighted by Gasteiger charge is -2.03. The molecule has 0 aromatic rings. The van der Waals surface area contributed by atoms with Crippen molar-refractivity contribution in [3.8, 4) is 0 Å². The minimum absolute atomic E-state index is 0.471. The molecule has 0 rings (SSSR count). The first-order valence-corrected chi connectivity index (χ1v) is 8.01. The second-order valence-corrected chi connectivity index (χ2v) is 5.21. The van der Waals surface area contributed by atoms with Gasteiger partial charge in [0, 0.05) is 0 Å². The maximum Gasteiger partial charge on any atom is 0.0854 e. The molecule has 4 heteroatoms. The van der Waals surface area contributed by atoms with Crippen LogP contribution >= 0.6 is 0 Å². The Hall–Kier alpha value is -0.160. The molecule has 0 saturated carbocycles. The lowest BCUT2D eigenvalue weighted by Crippen LogP contribution is -1.95. The number of unbranched alkanes of at least 4 members (excludes halogenated alkanes) is 12. The van der Waals surface area contributed by atoms with Crippen molar-refractivity contribution < 1.29 is 20.2 Å². The average molecular weight is 276 g/mol. The van der Waals surface area contributed by atoms with Crippen LogP contribution in [0.2, 0.25) is 0 Å². The van der Waals surface area contributed by atoms with Gasteiger partial charge in [0.1, 0.15) is 0 Å². The van der Waals surface area contributed by atoms with E-state index in [4.69, 9.17) is 5.26 Å². The summed E-state index contributed by atoms with van der Waals surface area (Å²) in [4.78, 5) is 4.51. The third kappa shape index (κ3) is 17.8. The third-order valence-electron chi connectivity index (χ3n) is 3.41. The van der Waals surface area contributed by atoms with Crippen molar-refractivity contribution in [3.05, 3.63) is 0 Å². The normalized spacial score (nSPS) is 11.1. The van der Waals surface area contributed by atoms with E-state index >= 15 is 0 Å². The van der Waals surface area contributed by atoms with Crippen LogP contribution in [0, 0.1) is 0 Å². The minimum atomic E-state index is 0.471. The quantitative estimate of drug-likeness (QED) is 0.232. The fourth-order valence-electron chi connectivity index (χ4n) is 2.23. The molecule has 0 spiro atoms. The van der Waals surface area contributed by atoms with Crippen molar-refractivity contribution in [3.63, 3.8) is 0 Å². The van der Waals surface area contributed by atoms with E-state index in [0.717, 1.165) is 12.8 Å². The van der Waals surface area contributed by atoms with Gasteiger partial charge in [0.25, 0.3) is 0 Å². The first kappa shape index (κ1) is 18.8. The van der Waals surface area contributed by atoms with Crippen molar-refractivity contribution in [2.75, 3.05) is 6.61 Å². The van der Waals surface area contributed by atoms with Gasteiger partial charge < -0.3 is 0 Å². The Morgan fingerprint density at radius 1 is 0.632 bits per heavy atom. The lowest BCUT2D eigenvalue weighted by atomic mass is 10.0. The van der Waals surface area contributed by atoms with E-state index in [1.54, 1.807) is 0 Å². The van der Waals surface area contributed by atoms with Crippen LogP contribution in [0.4, 0.5) is 0 Å². The van der Waals surface area contributed by atoms with Crippen molar-refractivity contribution in [2.45, 2.75) is 90.4 Å². The molecule has 0 atom stereocenters. The topological polar surface area (TPSA) is 47.9 Å².